The maximum Gasteiger partial charge on any atom is 0.273 e. The molecule has 0 aliphatic carbocycles. The summed E-state index contributed by atoms with van der Waals surface area (Å²) >= 11 is 1.46. The topological polar surface area (TPSA) is 83.7 Å². The standard InChI is InChI=1S/C18H16N2O5S/c1-23-16-8-4-7-15(17(16)24-2)18-19-12(11-26-18)10-25-14-6-3-5-13(9-14)20(21)22/h3-9,11H,10H2,1-2H3. The van der Waals surface area contributed by atoms with Gasteiger partial charge < -0.3 is 14.2 Å². The van der Waals surface area contributed by atoms with Gasteiger partial charge in [-0.2, -0.15) is 0 Å². The highest BCUT2D eigenvalue weighted by atomic mass is 32.1. The number of benzene rings is 2. The van der Waals surface area contributed by atoms with E-state index in [1.165, 1.54) is 23.5 Å². The molecular weight excluding hydrogens is 356 g/mol. The van der Waals surface area contributed by atoms with Gasteiger partial charge in [0.1, 0.15) is 17.4 Å². The number of nitro groups is 1. The van der Waals surface area contributed by atoms with Crippen LogP contribution in [0.4, 0.5) is 5.69 Å². The summed E-state index contributed by atoms with van der Waals surface area (Å²) < 4.78 is 16.4. The van der Waals surface area contributed by atoms with Gasteiger partial charge in [-0.3, -0.25) is 10.1 Å². The Balaban J connectivity index is 1.77. The summed E-state index contributed by atoms with van der Waals surface area (Å²) in [5, 5.41) is 13.5. The van der Waals surface area contributed by atoms with Gasteiger partial charge in [-0.1, -0.05) is 12.1 Å². The molecule has 3 aromatic rings. The molecule has 0 spiro atoms. The largest absolute Gasteiger partial charge is 0.493 e. The quantitative estimate of drug-likeness (QED) is 0.454. The fourth-order valence-electron chi connectivity index (χ4n) is 2.40. The molecule has 1 heterocycles. The highest BCUT2D eigenvalue weighted by Crippen LogP contribution is 2.39. The van der Waals surface area contributed by atoms with E-state index in [2.05, 4.69) is 4.98 Å². The molecule has 0 unspecified atom stereocenters. The van der Waals surface area contributed by atoms with Gasteiger partial charge in [0.05, 0.1) is 36.5 Å². The molecule has 0 N–H and O–H groups in total. The Morgan fingerprint density at radius 2 is 1.96 bits per heavy atom. The zero-order chi connectivity index (χ0) is 18.5. The summed E-state index contributed by atoms with van der Waals surface area (Å²) in [6.07, 6.45) is 0. The third-order valence-electron chi connectivity index (χ3n) is 3.60. The van der Waals surface area contributed by atoms with Crippen molar-refractivity contribution in [3.8, 4) is 27.8 Å². The minimum absolute atomic E-state index is 0.0115. The minimum atomic E-state index is -0.455. The number of nitrogens with zero attached hydrogens (tertiary/aromatic N) is 2. The first-order chi connectivity index (χ1) is 12.6. The smallest absolute Gasteiger partial charge is 0.273 e. The fourth-order valence-corrected chi connectivity index (χ4v) is 3.22. The Kier molecular flexibility index (Phi) is 5.33. The van der Waals surface area contributed by atoms with E-state index in [4.69, 9.17) is 14.2 Å². The van der Waals surface area contributed by atoms with E-state index in [9.17, 15) is 10.1 Å². The normalized spacial score (nSPS) is 10.4. The van der Waals surface area contributed by atoms with Crippen molar-refractivity contribution in [2.45, 2.75) is 6.61 Å². The molecule has 7 nitrogen and oxygen atoms in total. The third kappa shape index (κ3) is 3.75. The summed E-state index contributed by atoms with van der Waals surface area (Å²) in [4.78, 5) is 14.9. The van der Waals surface area contributed by atoms with Crippen LogP contribution in [0.25, 0.3) is 10.6 Å². The average molecular weight is 372 g/mol. The van der Waals surface area contributed by atoms with Crippen LogP contribution in [-0.4, -0.2) is 24.1 Å². The predicted octanol–water partition coefficient (Wildman–Crippen LogP) is 4.31. The molecule has 0 atom stereocenters. The Morgan fingerprint density at radius 1 is 1.15 bits per heavy atom. The van der Waals surface area contributed by atoms with Gasteiger partial charge in [-0.25, -0.2) is 4.98 Å². The lowest BCUT2D eigenvalue weighted by Gasteiger charge is -2.10. The summed E-state index contributed by atoms with van der Waals surface area (Å²) in [5.74, 6) is 1.68. The molecule has 0 aliphatic rings. The predicted molar refractivity (Wildman–Crippen MR) is 98.1 cm³/mol. The lowest BCUT2D eigenvalue weighted by atomic mass is 10.2. The van der Waals surface area contributed by atoms with Crippen LogP contribution >= 0.6 is 11.3 Å². The van der Waals surface area contributed by atoms with Crippen molar-refractivity contribution < 1.29 is 19.1 Å². The van der Waals surface area contributed by atoms with E-state index in [1.54, 1.807) is 26.4 Å². The molecule has 0 bridgehead atoms. The number of nitro benzene ring substituents is 1. The van der Waals surface area contributed by atoms with Crippen molar-refractivity contribution >= 4 is 17.0 Å². The molecule has 0 saturated heterocycles. The number of hydrogen-bond donors (Lipinski definition) is 0. The van der Waals surface area contributed by atoms with Gasteiger partial charge in [-0.15, -0.1) is 11.3 Å². The van der Waals surface area contributed by atoms with E-state index in [0.717, 1.165) is 16.3 Å². The number of non-ortho nitro benzene ring substituents is 1. The first-order valence-electron chi connectivity index (χ1n) is 7.65. The molecule has 26 heavy (non-hydrogen) atoms. The average Bonchev–Trinajstić information content (AvgIpc) is 3.14. The first-order valence-corrected chi connectivity index (χ1v) is 8.53. The number of rotatable bonds is 7. The molecule has 0 saturated carbocycles. The molecule has 3 rings (SSSR count). The van der Waals surface area contributed by atoms with Crippen LogP contribution in [0.5, 0.6) is 17.2 Å². The lowest BCUT2D eigenvalue weighted by Crippen LogP contribution is -1.97. The van der Waals surface area contributed by atoms with Gasteiger partial charge in [0.15, 0.2) is 11.5 Å². The molecule has 0 amide bonds. The van der Waals surface area contributed by atoms with Crippen LogP contribution in [0, 0.1) is 10.1 Å². The van der Waals surface area contributed by atoms with E-state index in [-0.39, 0.29) is 12.3 Å². The number of aromatic nitrogens is 1. The first kappa shape index (κ1) is 17.7. The number of thiazole rings is 1. The molecule has 0 aliphatic heterocycles. The zero-order valence-electron chi connectivity index (χ0n) is 14.2. The highest BCUT2D eigenvalue weighted by Gasteiger charge is 2.15. The number of para-hydroxylation sites is 1. The Hall–Kier alpha value is -3.13. The van der Waals surface area contributed by atoms with Crippen LogP contribution in [0.3, 0.4) is 0 Å². The van der Waals surface area contributed by atoms with Crippen molar-refractivity contribution in [3.05, 3.63) is 63.7 Å². The Bertz CT molecular complexity index is 925. The number of methoxy groups -OCH3 is 2. The molecule has 8 heteroatoms. The second-order valence-corrected chi connectivity index (χ2v) is 6.09. The van der Waals surface area contributed by atoms with Crippen LogP contribution in [0.15, 0.2) is 47.8 Å². The van der Waals surface area contributed by atoms with E-state index >= 15 is 0 Å². The van der Waals surface area contributed by atoms with Crippen LogP contribution in [0.1, 0.15) is 5.69 Å². The molecule has 2 aromatic carbocycles. The molecule has 134 valence electrons. The van der Waals surface area contributed by atoms with Gasteiger partial charge in [0.25, 0.3) is 5.69 Å². The van der Waals surface area contributed by atoms with Gasteiger partial charge in [0.2, 0.25) is 0 Å². The zero-order valence-corrected chi connectivity index (χ0v) is 15.0. The monoisotopic (exact) mass is 372 g/mol. The van der Waals surface area contributed by atoms with E-state index in [0.29, 0.717) is 17.2 Å². The Labute approximate surface area is 153 Å². The van der Waals surface area contributed by atoms with Crippen molar-refractivity contribution in [2.75, 3.05) is 14.2 Å². The molecular formula is C18H16N2O5S. The van der Waals surface area contributed by atoms with Crippen LogP contribution in [0.2, 0.25) is 0 Å². The number of ether oxygens (including phenoxy) is 3. The summed E-state index contributed by atoms with van der Waals surface area (Å²) in [7, 11) is 3.17. The van der Waals surface area contributed by atoms with Crippen LogP contribution in [-0.2, 0) is 6.61 Å². The van der Waals surface area contributed by atoms with Gasteiger partial charge >= 0.3 is 0 Å². The summed E-state index contributed by atoms with van der Waals surface area (Å²) in [5.41, 5.74) is 1.54. The fraction of sp³-hybridized carbons (Fsp3) is 0.167. The second kappa shape index (κ2) is 7.83. The van der Waals surface area contributed by atoms with Gasteiger partial charge in [-0.05, 0) is 18.2 Å². The maximum atomic E-state index is 10.8. The summed E-state index contributed by atoms with van der Waals surface area (Å²) in [6, 6.07) is 11.7. The van der Waals surface area contributed by atoms with Crippen molar-refractivity contribution in [3.63, 3.8) is 0 Å². The SMILES string of the molecule is COc1cccc(-c2nc(COc3cccc([N+](=O)[O-])c3)cs2)c1OC. The minimum Gasteiger partial charge on any atom is -0.493 e. The van der Waals surface area contributed by atoms with Crippen molar-refractivity contribution in [2.24, 2.45) is 0 Å². The van der Waals surface area contributed by atoms with E-state index < -0.39 is 4.92 Å². The molecule has 0 radical (unpaired) electrons. The summed E-state index contributed by atoms with van der Waals surface area (Å²) in [6.45, 7) is 0.212. The van der Waals surface area contributed by atoms with Crippen molar-refractivity contribution in [1.82, 2.24) is 4.98 Å². The number of hydrogen-bond acceptors (Lipinski definition) is 7. The third-order valence-corrected chi connectivity index (χ3v) is 4.52. The van der Waals surface area contributed by atoms with E-state index in [1.807, 2.05) is 23.6 Å². The highest BCUT2D eigenvalue weighted by molar-refractivity contribution is 7.13. The second-order valence-electron chi connectivity index (χ2n) is 5.23. The van der Waals surface area contributed by atoms with Crippen LogP contribution < -0.4 is 14.2 Å². The Morgan fingerprint density at radius 3 is 2.69 bits per heavy atom. The maximum absolute atomic E-state index is 10.8. The van der Waals surface area contributed by atoms with Gasteiger partial charge in [0, 0.05) is 11.4 Å². The molecule has 1 aromatic heterocycles. The molecule has 0 fully saturated rings. The van der Waals surface area contributed by atoms with Crippen molar-refractivity contribution in [1.29, 1.82) is 0 Å². The lowest BCUT2D eigenvalue weighted by molar-refractivity contribution is -0.384.